The predicted molar refractivity (Wildman–Crippen MR) is 120 cm³/mol. The average Bonchev–Trinajstić information content (AvgIpc) is 3.12. The van der Waals surface area contributed by atoms with E-state index in [1.165, 1.54) is 32.4 Å². The highest BCUT2D eigenvalue weighted by Crippen LogP contribution is 2.30. The lowest BCUT2D eigenvalue weighted by molar-refractivity contribution is -0.116. The Hall–Kier alpha value is -2.80. The number of methoxy groups -OCH3 is 1. The minimum Gasteiger partial charge on any atom is -0.493 e. The maximum atomic E-state index is 12.1. The maximum absolute atomic E-state index is 12.1. The van der Waals surface area contributed by atoms with Gasteiger partial charge in [0, 0.05) is 12.6 Å². The van der Waals surface area contributed by atoms with Crippen molar-refractivity contribution >= 4 is 12.0 Å². The SMILES string of the molecule is COc1cc(/C=C/C(=O)NCCCN2CCCCC2)ccc1OCc1c(C)noc1C. The first-order chi connectivity index (χ1) is 15.1. The third-order valence-corrected chi connectivity index (χ3v) is 5.57. The van der Waals surface area contributed by atoms with Crippen LogP contribution in [0.15, 0.2) is 28.8 Å². The van der Waals surface area contributed by atoms with Crippen LogP contribution in [0.3, 0.4) is 0 Å². The molecule has 31 heavy (non-hydrogen) atoms. The summed E-state index contributed by atoms with van der Waals surface area (Å²) >= 11 is 0. The molecule has 2 heterocycles. The summed E-state index contributed by atoms with van der Waals surface area (Å²) < 4.78 is 16.5. The topological polar surface area (TPSA) is 76.8 Å². The number of rotatable bonds is 10. The molecule has 0 aliphatic carbocycles. The number of hydrogen-bond acceptors (Lipinski definition) is 6. The number of ether oxygens (including phenoxy) is 2. The van der Waals surface area contributed by atoms with Crippen molar-refractivity contribution in [3.63, 3.8) is 0 Å². The third-order valence-electron chi connectivity index (χ3n) is 5.57. The van der Waals surface area contributed by atoms with E-state index >= 15 is 0 Å². The molecule has 1 aromatic carbocycles. The molecule has 0 spiro atoms. The van der Waals surface area contributed by atoms with E-state index in [0.717, 1.165) is 35.5 Å². The molecular weight excluding hydrogens is 394 g/mol. The summed E-state index contributed by atoms with van der Waals surface area (Å²) in [5.41, 5.74) is 2.62. The molecule has 1 aromatic heterocycles. The molecule has 0 saturated carbocycles. The molecule has 168 valence electrons. The molecule has 7 nitrogen and oxygen atoms in total. The number of hydrogen-bond donors (Lipinski definition) is 1. The molecule has 0 bridgehead atoms. The van der Waals surface area contributed by atoms with Crippen molar-refractivity contribution in [1.82, 2.24) is 15.4 Å². The zero-order chi connectivity index (χ0) is 22.1. The van der Waals surface area contributed by atoms with E-state index in [1.807, 2.05) is 32.0 Å². The zero-order valence-corrected chi connectivity index (χ0v) is 18.8. The Morgan fingerprint density at radius 2 is 2.03 bits per heavy atom. The van der Waals surface area contributed by atoms with Gasteiger partial charge in [-0.2, -0.15) is 0 Å². The predicted octanol–water partition coefficient (Wildman–Crippen LogP) is 3.88. The van der Waals surface area contributed by atoms with Gasteiger partial charge in [-0.1, -0.05) is 17.6 Å². The highest BCUT2D eigenvalue weighted by atomic mass is 16.5. The number of nitrogens with zero attached hydrogens (tertiary/aromatic N) is 2. The number of aryl methyl sites for hydroxylation is 2. The fourth-order valence-electron chi connectivity index (χ4n) is 3.69. The quantitative estimate of drug-likeness (QED) is 0.458. The van der Waals surface area contributed by atoms with Gasteiger partial charge in [-0.15, -0.1) is 0 Å². The Bertz CT molecular complexity index is 865. The van der Waals surface area contributed by atoms with Crippen LogP contribution in [0.1, 0.15) is 48.3 Å². The van der Waals surface area contributed by atoms with E-state index in [1.54, 1.807) is 19.3 Å². The normalized spacial score (nSPS) is 14.7. The number of carbonyl (C=O) groups excluding carboxylic acids is 1. The highest BCUT2D eigenvalue weighted by molar-refractivity contribution is 5.91. The van der Waals surface area contributed by atoms with Crippen LogP contribution < -0.4 is 14.8 Å². The van der Waals surface area contributed by atoms with Gasteiger partial charge in [-0.05, 0) is 76.5 Å². The number of aromatic nitrogens is 1. The molecule has 1 aliphatic rings. The van der Waals surface area contributed by atoms with Crippen LogP contribution in [0.25, 0.3) is 6.08 Å². The molecular formula is C24H33N3O4. The summed E-state index contributed by atoms with van der Waals surface area (Å²) in [5.74, 6) is 1.90. The molecule has 3 rings (SSSR count). The first kappa shape index (κ1) is 22.9. The van der Waals surface area contributed by atoms with Crippen molar-refractivity contribution in [2.45, 2.75) is 46.1 Å². The van der Waals surface area contributed by atoms with E-state index in [0.29, 0.717) is 24.7 Å². The second kappa shape index (κ2) is 11.6. The standard InChI is InChI=1S/C24H33N3O4/c1-18-21(19(2)31-26-18)17-30-22-10-8-20(16-23(22)29-3)9-11-24(28)25-12-7-15-27-13-5-4-6-14-27/h8-11,16H,4-7,12-15,17H2,1-3H3,(H,25,28)/b11-9+. The molecule has 1 amide bonds. The lowest BCUT2D eigenvalue weighted by atomic mass is 10.1. The monoisotopic (exact) mass is 427 g/mol. The molecule has 1 aliphatic heterocycles. The Morgan fingerprint density at radius 1 is 1.23 bits per heavy atom. The van der Waals surface area contributed by atoms with E-state index in [-0.39, 0.29) is 5.91 Å². The van der Waals surface area contributed by atoms with E-state index in [2.05, 4.69) is 15.4 Å². The lowest BCUT2D eigenvalue weighted by Gasteiger charge is -2.26. The number of benzene rings is 1. The fraction of sp³-hybridized carbons (Fsp3) is 0.500. The molecule has 1 saturated heterocycles. The molecule has 1 N–H and O–H groups in total. The lowest BCUT2D eigenvalue weighted by Crippen LogP contribution is -2.33. The van der Waals surface area contributed by atoms with Gasteiger partial charge in [0.25, 0.3) is 0 Å². The van der Waals surface area contributed by atoms with E-state index < -0.39 is 0 Å². The smallest absolute Gasteiger partial charge is 0.243 e. The highest BCUT2D eigenvalue weighted by Gasteiger charge is 2.12. The van der Waals surface area contributed by atoms with Gasteiger partial charge in [0.15, 0.2) is 11.5 Å². The summed E-state index contributed by atoms with van der Waals surface area (Å²) in [6, 6.07) is 5.58. The molecule has 2 aromatic rings. The van der Waals surface area contributed by atoms with Crippen LogP contribution in [0.5, 0.6) is 11.5 Å². The second-order valence-electron chi connectivity index (χ2n) is 7.88. The zero-order valence-electron chi connectivity index (χ0n) is 18.8. The Balaban J connectivity index is 1.47. The molecule has 0 radical (unpaired) electrons. The van der Waals surface area contributed by atoms with Crippen molar-refractivity contribution in [3.8, 4) is 11.5 Å². The van der Waals surface area contributed by atoms with Crippen LogP contribution in [-0.2, 0) is 11.4 Å². The second-order valence-corrected chi connectivity index (χ2v) is 7.88. The van der Waals surface area contributed by atoms with Crippen molar-refractivity contribution in [2.75, 3.05) is 33.3 Å². The van der Waals surface area contributed by atoms with Gasteiger partial charge >= 0.3 is 0 Å². The van der Waals surface area contributed by atoms with Gasteiger partial charge in [-0.25, -0.2) is 0 Å². The first-order valence-electron chi connectivity index (χ1n) is 11.0. The van der Waals surface area contributed by atoms with Gasteiger partial charge < -0.3 is 24.2 Å². The number of amides is 1. The largest absolute Gasteiger partial charge is 0.493 e. The van der Waals surface area contributed by atoms with Crippen LogP contribution in [-0.4, -0.2) is 49.3 Å². The summed E-state index contributed by atoms with van der Waals surface area (Å²) in [6.07, 6.45) is 8.24. The number of nitrogens with one attached hydrogen (secondary N) is 1. The summed E-state index contributed by atoms with van der Waals surface area (Å²) in [5, 5.41) is 6.90. The average molecular weight is 428 g/mol. The van der Waals surface area contributed by atoms with Crippen molar-refractivity contribution < 1.29 is 18.8 Å². The van der Waals surface area contributed by atoms with Gasteiger partial charge in [0.2, 0.25) is 5.91 Å². The number of piperidine rings is 1. The Morgan fingerprint density at radius 3 is 2.74 bits per heavy atom. The number of carbonyl (C=O) groups is 1. The summed E-state index contributed by atoms with van der Waals surface area (Å²) in [6.45, 7) is 8.23. The van der Waals surface area contributed by atoms with Crippen LogP contribution in [0.2, 0.25) is 0 Å². The van der Waals surface area contributed by atoms with Crippen molar-refractivity contribution in [3.05, 3.63) is 46.9 Å². The molecule has 1 fully saturated rings. The summed E-state index contributed by atoms with van der Waals surface area (Å²) in [7, 11) is 1.60. The van der Waals surface area contributed by atoms with Crippen LogP contribution in [0, 0.1) is 13.8 Å². The summed E-state index contributed by atoms with van der Waals surface area (Å²) in [4.78, 5) is 14.6. The van der Waals surface area contributed by atoms with Crippen LogP contribution >= 0.6 is 0 Å². The van der Waals surface area contributed by atoms with E-state index in [4.69, 9.17) is 14.0 Å². The van der Waals surface area contributed by atoms with Crippen molar-refractivity contribution in [2.24, 2.45) is 0 Å². The maximum Gasteiger partial charge on any atom is 0.243 e. The molecule has 7 heteroatoms. The van der Waals surface area contributed by atoms with Crippen LogP contribution in [0.4, 0.5) is 0 Å². The molecule has 0 unspecified atom stereocenters. The number of likely N-dealkylation sites (tertiary alicyclic amines) is 1. The third kappa shape index (κ3) is 6.85. The first-order valence-corrected chi connectivity index (χ1v) is 11.0. The van der Waals surface area contributed by atoms with Gasteiger partial charge in [0.1, 0.15) is 12.4 Å². The Labute approximate surface area is 184 Å². The van der Waals surface area contributed by atoms with Crippen molar-refractivity contribution in [1.29, 1.82) is 0 Å². The van der Waals surface area contributed by atoms with Gasteiger partial charge in [0.05, 0.1) is 18.4 Å². The minimum absolute atomic E-state index is 0.0867. The van der Waals surface area contributed by atoms with E-state index in [9.17, 15) is 4.79 Å². The minimum atomic E-state index is -0.0867. The Kier molecular flexibility index (Phi) is 8.53. The molecule has 0 atom stereocenters. The fourth-order valence-corrected chi connectivity index (χ4v) is 3.69. The van der Waals surface area contributed by atoms with Gasteiger partial charge in [-0.3, -0.25) is 4.79 Å².